The molecule has 6 heteroatoms. The van der Waals surface area contributed by atoms with Crippen LogP contribution >= 0.6 is 24.2 Å². The van der Waals surface area contributed by atoms with Crippen LogP contribution in [-0.4, -0.2) is 36.3 Å². The molecule has 18 heavy (non-hydrogen) atoms. The monoisotopic (exact) mass is 284 g/mol. The SMILES string of the molecule is O=C1CCN(C(=O)c2cc(S)ccc2Cl)CCN1. The number of halogens is 1. The topological polar surface area (TPSA) is 49.4 Å². The van der Waals surface area contributed by atoms with Gasteiger partial charge in [-0.05, 0) is 18.2 Å². The lowest BCUT2D eigenvalue weighted by Gasteiger charge is -2.20. The quantitative estimate of drug-likeness (QED) is 0.770. The smallest absolute Gasteiger partial charge is 0.255 e. The van der Waals surface area contributed by atoms with E-state index in [0.29, 0.717) is 41.5 Å². The Morgan fingerprint density at radius 1 is 1.39 bits per heavy atom. The molecule has 1 heterocycles. The Morgan fingerprint density at radius 2 is 2.17 bits per heavy atom. The minimum atomic E-state index is -0.160. The van der Waals surface area contributed by atoms with Gasteiger partial charge in [0.15, 0.2) is 0 Å². The number of amides is 2. The molecular weight excluding hydrogens is 272 g/mol. The molecule has 0 unspecified atom stereocenters. The molecule has 0 aromatic heterocycles. The third-order valence-electron chi connectivity index (χ3n) is 2.78. The van der Waals surface area contributed by atoms with Gasteiger partial charge in [0.25, 0.3) is 5.91 Å². The number of nitrogens with zero attached hydrogens (tertiary/aromatic N) is 1. The zero-order valence-electron chi connectivity index (χ0n) is 9.65. The summed E-state index contributed by atoms with van der Waals surface area (Å²) in [4.78, 5) is 25.8. The zero-order valence-corrected chi connectivity index (χ0v) is 11.3. The molecule has 0 radical (unpaired) electrons. The number of carbonyl (C=O) groups is 2. The van der Waals surface area contributed by atoms with E-state index in [0.717, 1.165) is 0 Å². The fourth-order valence-electron chi connectivity index (χ4n) is 1.82. The molecule has 2 rings (SSSR count). The number of benzene rings is 1. The molecule has 0 aliphatic carbocycles. The Kier molecular flexibility index (Phi) is 4.14. The normalized spacial score (nSPS) is 16.1. The molecule has 1 aliphatic heterocycles. The fraction of sp³-hybridized carbons (Fsp3) is 0.333. The molecule has 0 bridgehead atoms. The average molecular weight is 285 g/mol. The van der Waals surface area contributed by atoms with Crippen molar-refractivity contribution >= 4 is 36.0 Å². The summed E-state index contributed by atoms with van der Waals surface area (Å²) in [6, 6.07) is 5.03. The van der Waals surface area contributed by atoms with Crippen LogP contribution in [0.3, 0.4) is 0 Å². The zero-order chi connectivity index (χ0) is 13.1. The molecule has 1 saturated heterocycles. The van der Waals surface area contributed by atoms with Crippen LogP contribution in [0, 0.1) is 0 Å². The van der Waals surface area contributed by atoms with E-state index in [1.54, 1.807) is 23.1 Å². The van der Waals surface area contributed by atoms with Gasteiger partial charge in [-0.1, -0.05) is 11.6 Å². The number of hydrogen-bond acceptors (Lipinski definition) is 3. The molecule has 1 aliphatic rings. The van der Waals surface area contributed by atoms with Crippen molar-refractivity contribution in [3.8, 4) is 0 Å². The van der Waals surface area contributed by atoms with Gasteiger partial charge in [-0.2, -0.15) is 0 Å². The summed E-state index contributed by atoms with van der Waals surface area (Å²) in [5.41, 5.74) is 0.429. The number of carbonyl (C=O) groups excluding carboxylic acids is 2. The van der Waals surface area contributed by atoms with Crippen LogP contribution in [0.25, 0.3) is 0 Å². The Labute approximate surface area is 116 Å². The third kappa shape index (κ3) is 2.97. The average Bonchev–Trinajstić information content (AvgIpc) is 2.56. The van der Waals surface area contributed by atoms with Gasteiger partial charge in [-0.25, -0.2) is 0 Å². The highest BCUT2D eigenvalue weighted by Crippen LogP contribution is 2.21. The van der Waals surface area contributed by atoms with E-state index in [-0.39, 0.29) is 11.8 Å². The molecule has 0 saturated carbocycles. The first-order valence-corrected chi connectivity index (χ1v) is 6.45. The second-order valence-electron chi connectivity index (χ2n) is 4.06. The van der Waals surface area contributed by atoms with E-state index in [9.17, 15) is 9.59 Å². The van der Waals surface area contributed by atoms with E-state index < -0.39 is 0 Å². The number of hydrogen-bond donors (Lipinski definition) is 2. The van der Waals surface area contributed by atoms with Crippen LogP contribution in [-0.2, 0) is 4.79 Å². The molecule has 96 valence electrons. The largest absolute Gasteiger partial charge is 0.354 e. The predicted octanol–water partition coefficient (Wildman–Crippen LogP) is 1.59. The van der Waals surface area contributed by atoms with Crippen LogP contribution in [0.4, 0.5) is 0 Å². The van der Waals surface area contributed by atoms with Crippen molar-refractivity contribution < 1.29 is 9.59 Å². The summed E-state index contributed by atoms with van der Waals surface area (Å²) >= 11 is 10.2. The van der Waals surface area contributed by atoms with Gasteiger partial charge in [0.05, 0.1) is 10.6 Å². The summed E-state index contributed by atoms with van der Waals surface area (Å²) in [5.74, 6) is -0.188. The minimum absolute atomic E-state index is 0.0284. The first-order valence-electron chi connectivity index (χ1n) is 5.62. The van der Waals surface area contributed by atoms with Gasteiger partial charge in [-0.3, -0.25) is 9.59 Å². The van der Waals surface area contributed by atoms with Gasteiger partial charge >= 0.3 is 0 Å². The van der Waals surface area contributed by atoms with Crippen LogP contribution in [0.2, 0.25) is 5.02 Å². The first kappa shape index (κ1) is 13.2. The maximum Gasteiger partial charge on any atom is 0.255 e. The Balaban J connectivity index is 2.19. The highest BCUT2D eigenvalue weighted by atomic mass is 35.5. The molecule has 0 spiro atoms. The minimum Gasteiger partial charge on any atom is -0.354 e. The molecule has 1 fully saturated rings. The molecule has 1 N–H and O–H groups in total. The fourth-order valence-corrected chi connectivity index (χ4v) is 2.22. The van der Waals surface area contributed by atoms with Crippen LogP contribution in [0.5, 0.6) is 0 Å². The predicted molar refractivity (Wildman–Crippen MR) is 72.2 cm³/mol. The summed E-state index contributed by atoms with van der Waals surface area (Å²) in [5, 5.41) is 3.13. The van der Waals surface area contributed by atoms with Crippen molar-refractivity contribution in [1.29, 1.82) is 0 Å². The second-order valence-corrected chi connectivity index (χ2v) is 4.98. The van der Waals surface area contributed by atoms with Gasteiger partial charge in [0.1, 0.15) is 0 Å². The van der Waals surface area contributed by atoms with Gasteiger partial charge in [0, 0.05) is 31.0 Å². The lowest BCUT2D eigenvalue weighted by atomic mass is 10.2. The van der Waals surface area contributed by atoms with Crippen molar-refractivity contribution in [3.63, 3.8) is 0 Å². The third-order valence-corrected chi connectivity index (χ3v) is 3.39. The molecular formula is C12H13ClN2O2S. The summed E-state index contributed by atoms with van der Waals surface area (Å²) in [6.07, 6.45) is 0.323. The van der Waals surface area contributed by atoms with E-state index >= 15 is 0 Å². The summed E-state index contributed by atoms with van der Waals surface area (Å²) < 4.78 is 0. The van der Waals surface area contributed by atoms with Gasteiger partial charge in [0.2, 0.25) is 5.91 Å². The highest BCUT2D eigenvalue weighted by Gasteiger charge is 2.21. The van der Waals surface area contributed by atoms with E-state index in [2.05, 4.69) is 17.9 Å². The molecule has 1 aromatic rings. The van der Waals surface area contributed by atoms with Crippen LogP contribution in [0.15, 0.2) is 23.1 Å². The number of rotatable bonds is 1. The van der Waals surface area contributed by atoms with E-state index in [1.165, 1.54) is 0 Å². The first-order chi connectivity index (χ1) is 8.58. The maximum atomic E-state index is 12.3. The van der Waals surface area contributed by atoms with E-state index in [4.69, 9.17) is 11.6 Å². The van der Waals surface area contributed by atoms with Crippen LogP contribution in [0.1, 0.15) is 16.8 Å². The lowest BCUT2D eigenvalue weighted by Crippen LogP contribution is -2.34. The molecule has 0 atom stereocenters. The lowest BCUT2D eigenvalue weighted by molar-refractivity contribution is -0.120. The van der Waals surface area contributed by atoms with Crippen LogP contribution < -0.4 is 5.32 Å². The molecule has 2 amide bonds. The summed E-state index contributed by atoms with van der Waals surface area (Å²) in [7, 11) is 0. The maximum absolute atomic E-state index is 12.3. The van der Waals surface area contributed by atoms with Crippen molar-refractivity contribution in [2.75, 3.05) is 19.6 Å². The molecule has 1 aromatic carbocycles. The summed E-state index contributed by atoms with van der Waals surface area (Å²) in [6.45, 7) is 1.39. The second kappa shape index (κ2) is 5.63. The Bertz CT molecular complexity index is 493. The Morgan fingerprint density at radius 3 is 2.94 bits per heavy atom. The standard InChI is InChI=1S/C12H13ClN2O2S/c13-10-2-1-8(18)7-9(10)12(17)15-5-3-11(16)14-4-6-15/h1-2,7,18H,3-6H2,(H,14,16). The van der Waals surface area contributed by atoms with Gasteiger partial charge in [-0.15, -0.1) is 12.6 Å². The van der Waals surface area contributed by atoms with Crippen molar-refractivity contribution in [3.05, 3.63) is 28.8 Å². The van der Waals surface area contributed by atoms with Crippen molar-refractivity contribution in [2.24, 2.45) is 0 Å². The number of thiol groups is 1. The van der Waals surface area contributed by atoms with Crippen molar-refractivity contribution in [1.82, 2.24) is 10.2 Å². The van der Waals surface area contributed by atoms with E-state index in [1.807, 2.05) is 0 Å². The molecule has 4 nitrogen and oxygen atoms in total. The highest BCUT2D eigenvalue weighted by molar-refractivity contribution is 7.80. The number of nitrogens with one attached hydrogen (secondary N) is 1. The van der Waals surface area contributed by atoms with Crippen molar-refractivity contribution in [2.45, 2.75) is 11.3 Å². The Hall–Kier alpha value is -1.20. The van der Waals surface area contributed by atoms with Gasteiger partial charge < -0.3 is 10.2 Å².